The van der Waals surface area contributed by atoms with Gasteiger partial charge in [0.1, 0.15) is 0 Å². The van der Waals surface area contributed by atoms with Crippen LogP contribution < -0.4 is 5.32 Å². The van der Waals surface area contributed by atoms with Gasteiger partial charge in [0.2, 0.25) is 0 Å². The SMILES string of the molecule is CCc1cccc(NC(=O)c2ccc(-c3csc(CC)n3)cc2)c1. The first-order valence-electron chi connectivity index (χ1n) is 8.14. The molecule has 3 rings (SSSR count). The molecule has 0 aliphatic rings. The molecule has 0 unspecified atom stereocenters. The molecule has 0 radical (unpaired) electrons. The van der Waals surface area contributed by atoms with E-state index in [0.717, 1.165) is 34.8 Å². The molecule has 0 aliphatic heterocycles. The highest BCUT2D eigenvalue weighted by atomic mass is 32.1. The van der Waals surface area contributed by atoms with Crippen LogP contribution in [-0.2, 0) is 12.8 Å². The van der Waals surface area contributed by atoms with Crippen LogP contribution in [-0.4, -0.2) is 10.9 Å². The van der Waals surface area contributed by atoms with Crippen molar-refractivity contribution in [2.45, 2.75) is 26.7 Å². The van der Waals surface area contributed by atoms with Crippen molar-refractivity contribution in [3.63, 3.8) is 0 Å². The largest absolute Gasteiger partial charge is 0.322 e. The number of thiazole rings is 1. The Balaban J connectivity index is 1.73. The molecule has 0 bridgehead atoms. The number of hydrogen-bond donors (Lipinski definition) is 1. The normalized spacial score (nSPS) is 10.6. The van der Waals surface area contributed by atoms with Crippen molar-refractivity contribution >= 4 is 22.9 Å². The summed E-state index contributed by atoms with van der Waals surface area (Å²) in [5, 5.41) is 6.14. The van der Waals surface area contributed by atoms with Crippen LogP contribution >= 0.6 is 11.3 Å². The standard InChI is InChI=1S/C20H20N2OS/c1-3-14-6-5-7-17(12-14)21-20(23)16-10-8-15(9-11-16)18-13-24-19(4-2)22-18/h5-13H,3-4H2,1-2H3,(H,21,23). The lowest BCUT2D eigenvalue weighted by atomic mass is 10.1. The molecule has 1 heterocycles. The fourth-order valence-electron chi connectivity index (χ4n) is 2.47. The van der Waals surface area contributed by atoms with Crippen LogP contribution in [0.3, 0.4) is 0 Å². The Morgan fingerprint density at radius 1 is 1.08 bits per heavy atom. The number of amides is 1. The van der Waals surface area contributed by atoms with Gasteiger partial charge in [0.05, 0.1) is 10.7 Å². The van der Waals surface area contributed by atoms with Crippen LogP contribution in [0.4, 0.5) is 5.69 Å². The summed E-state index contributed by atoms with van der Waals surface area (Å²) < 4.78 is 0. The van der Waals surface area contributed by atoms with Crippen molar-refractivity contribution in [1.29, 1.82) is 0 Å². The zero-order chi connectivity index (χ0) is 16.9. The predicted octanol–water partition coefficient (Wildman–Crippen LogP) is 5.19. The molecule has 0 saturated carbocycles. The minimum absolute atomic E-state index is 0.0951. The van der Waals surface area contributed by atoms with Crippen LogP contribution in [0.25, 0.3) is 11.3 Å². The fraction of sp³-hybridized carbons (Fsp3) is 0.200. The van der Waals surface area contributed by atoms with E-state index in [2.05, 4.69) is 35.6 Å². The third-order valence-electron chi connectivity index (χ3n) is 3.89. The van der Waals surface area contributed by atoms with Crippen molar-refractivity contribution in [2.75, 3.05) is 5.32 Å². The van der Waals surface area contributed by atoms with Gasteiger partial charge in [-0.1, -0.05) is 38.1 Å². The van der Waals surface area contributed by atoms with Crippen LogP contribution in [0.5, 0.6) is 0 Å². The highest BCUT2D eigenvalue weighted by Gasteiger charge is 2.08. The number of rotatable bonds is 5. The maximum absolute atomic E-state index is 12.4. The molecular weight excluding hydrogens is 316 g/mol. The van der Waals surface area contributed by atoms with Gasteiger partial charge in [-0.15, -0.1) is 11.3 Å². The van der Waals surface area contributed by atoms with Crippen molar-refractivity contribution in [1.82, 2.24) is 4.98 Å². The van der Waals surface area contributed by atoms with Gasteiger partial charge in [-0.3, -0.25) is 4.79 Å². The minimum atomic E-state index is -0.0951. The number of hydrogen-bond acceptors (Lipinski definition) is 3. The molecule has 3 aromatic rings. The third kappa shape index (κ3) is 3.71. The smallest absolute Gasteiger partial charge is 0.255 e. The fourth-order valence-corrected chi connectivity index (χ4v) is 3.22. The average Bonchev–Trinajstić information content (AvgIpc) is 3.11. The number of nitrogens with one attached hydrogen (secondary N) is 1. The molecule has 0 saturated heterocycles. The van der Waals surface area contributed by atoms with E-state index in [1.807, 2.05) is 42.5 Å². The van der Waals surface area contributed by atoms with Crippen molar-refractivity contribution in [3.05, 3.63) is 70.0 Å². The van der Waals surface area contributed by atoms with Gasteiger partial charge in [-0.2, -0.15) is 0 Å². The lowest BCUT2D eigenvalue weighted by molar-refractivity contribution is 0.102. The van der Waals surface area contributed by atoms with Gasteiger partial charge in [0.25, 0.3) is 5.91 Å². The summed E-state index contributed by atoms with van der Waals surface area (Å²) in [6.07, 6.45) is 1.90. The second-order valence-corrected chi connectivity index (χ2v) is 6.51. The van der Waals surface area contributed by atoms with Gasteiger partial charge in [-0.25, -0.2) is 4.98 Å². The van der Waals surface area contributed by atoms with Gasteiger partial charge in [-0.05, 0) is 42.7 Å². The molecule has 0 fully saturated rings. The summed E-state index contributed by atoms with van der Waals surface area (Å²) in [6, 6.07) is 15.5. The Kier molecular flexibility index (Phi) is 5.06. The Hall–Kier alpha value is -2.46. The predicted molar refractivity (Wildman–Crippen MR) is 101 cm³/mol. The number of carbonyl (C=O) groups excluding carboxylic acids is 1. The quantitative estimate of drug-likeness (QED) is 0.697. The molecule has 1 N–H and O–H groups in total. The summed E-state index contributed by atoms with van der Waals surface area (Å²) in [5.41, 5.74) is 4.69. The first-order chi connectivity index (χ1) is 11.7. The van der Waals surface area contributed by atoms with Crippen LogP contribution in [0, 0.1) is 0 Å². The van der Waals surface area contributed by atoms with Gasteiger partial charge >= 0.3 is 0 Å². The van der Waals surface area contributed by atoms with E-state index in [4.69, 9.17) is 0 Å². The number of carbonyl (C=O) groups is 1. The van der Waals surface area contributed by atoms with Crippen LogP contribution in [0.1, 0.15) is 34.8 Å². The van der Waals surface area contributed by atoms with E-state index in [1.165, 1.54) is 5.56 Å². The van der Waals surface area contributed by atoms with Gasteiger partial charge in [0, 0.05) is 22.2 Å². The van der Waals surface area contributed by atoms with Gasteiger partial charge < -0.3 is 5.32 Å². The van der Waals surface area contributed by atoms with E-state index in [0.29, 0.717) is 5.56 Å². The first-order valence-corrected chi connectivity index (χ1v) is 9.02. The number of aryl methyl sites for hydroxylation is 2. The summed E-state index contributed by atoms with van der Waals surface area (Å²) >= 11 is 1.67. The molecular formula is C20H20N2OS. The molecule has 1 aromatic heterocycles. The lowest BCUT2D eigenvalue weighted by Gasteiger charge is -2.07. The second-order valence-electron chi connectivity index (χ2n) is 5.57. The van der Waals surface area contributed by atoms with E-state index in [1.54, 1.807) is 11.3 Å². The van der Waals surface area contributed by atoms with Crippen molar-refractivity contribution in [3.8, 4) is 11.3 Å². The molecule has 0 atom stereocenters. The highest BCUT2D eigenvalue weighted by Crippen LogP contribution is 2.23. The van der Waals surface area contributed by atoms with Crippen molar-refractivity contribution < 1.29 is 4.79 Å². The lowest BCUT2D eigenvalue weighted by Crippen LogP contribution is -2.11. The monoisotopic (exact) mass is 336 g/mol. The zero-order valence-electron chi connectivity index (χ0n) is 13.9. The number of anilines is 1. The van der Waals surface area contributed by atoms with Crippen molar-refractivity contribution in [2.24, 2.45) is 0 Å². The summed E-state index contributed by atoms with van der Waals surface area (Å²) in [4.78, 5) is 17.0. The molecule has 122 valence electrons. The van der Waals surface area contributed by atoms with E-state index < -0.39 is 0 Å². The van der Waals surface area contributed by atoms with Crippen LogP contribution in [0.2, 0.25) is 0 Å². The Labute approximate surface area is 146 Å². The van der Waals surface area contributed by atoms with E-state index in [9.17, 15) is 4.79 Å². The maximum Gasteiger partial charge on any atom is 0.255 e. The van der Waals surface area contributed by atoms with Crippen LogP contribution in [0.15, 0.2) is 53.9 Å². The molecule has 3 nitrogen and oxygen atoms in total. The third-order valence-corrected chi connectivity index (χ3v) is 4.88. The maximum atomic E-state index is 12.4. The Bertz CT molecular complexity index is 837. The van der Waals surface area contributed by atoms with Gasteiger partial charge in [0.15, 0.2) is 0 Å². The average molecular weight is 336 g/mol. The van der Waals surface area contributed by atoms with E-state index in [-0.39, 0.29) is 5.91 Å². The molecule has 24 heavy (non-hydrogen) atoms. The summed E-state index contributed by atoms with van der Waals surface area (Å²) in [7, 11) is 0. The van der Waals surface area contributed by atoms with E-state index >= 15 is 0 Å². The second kappa shape index (κ2) is 7.41. The molecule has 1 amide bonds. The number of benzene rings is 2. The first kappa shape index (κ1) is 16.4. The number of aromatic nitrogens is 1. The minimum Gasteiger partial charge on any atom is -0.322 e. The molecule has 4 heteroatoms. The number of nitrogens with zero attached hydrogens (tertiary/aromatic N) is 1. The Morgan fingerprint density at radius 3 is 2.54 bits per heavy atom. The summed E-state index contributed by atoms with van der Waals surface area (Å²) in [5.74, 6) is -0.0951. The topological polar surface area (TPSA) is 42.0 Å². The molecule has 0 aliphatic carbocycles. The molecule has 2 aromatic carbocycles. The summed E-state index contributed by atoms with van der Waals surface area (Å²) in [6.45, 7) is 4.20. The highest BCUT2D eigenvalue weighted by molar-refractivity contribution is 7.09. The molecule has 0 spiro atoms. The Morgan fingerprint density at radius 2 is 1.88 bits per heavy atom. The zero-order valence-corrected chi connectivity index (χ0v) is 14.7.